The van der Waals surface area contributed by atoms with Crippen molar-refractivity contribution in [2.75, 3.05) is 20.8 Å². The number of hydrogen-bond acceptors (Lipinski definition) is 5. The Kier molecular flexibility index (Phi) is 5.42. The first-order valence-corrected chi connectivity index (χ1v) is 11.5. The Bertz CT molecular complexity index is 1330. The summed E-state index contributed by atoms with van der Waals surface area (Å²) >= 11 is 0. The number of ether oxygens (including phenoxy) is 2. The number of rotatable bonds is 6. The Morgan fingerprint density at radius 3 is 2.49 bits per heavy atom. The minimum atomic E-state index is -1.21. The van der Waals surface area contributed by atoms with Crippen LogP contribution in [-0.4, -0.2) is 59.4 Å². The Balaban J connectivity index is 1.40. The average molecular weight is 477 g/mol. The molecule has 4 amide bonds. The third-order valence-corrected chi connectivity index (χ3v) is 7.19. The number of carbonyl (C=O) groups excluding carboxylic acids is 3. The van der Waals surface area contributed by atoms with Crippen molar-refractivity contribution in [3.05, 3.63) is 59.3 Å². The maximum absolute atomic E-state index is 13.8. The minimum absolute atomic E-state index is 0.276. The molecule has 2 atom stereocenters. The molecule has 9 nitrogen and oxygen atoms in total. The van der Waals surface area contributed by atoms with Crippen LogP contribution in [-0.2, 0) is 28.1 Å². The SMILES string of the molecule is COc1ccc(CNC(=O)[C@H](C)N2C(=O)N3CCc4c([nH]c5ccc(OC)cc45)[C@@]3(C)C2=O)cc1. The second kappa shape index (κ2) is 8.33. The number of carbonyl (C=O) groups is 3. The zero-order valence-corrected chi connectivity index (χ0v) is 20.2. The van der Waals surface area contributed by atoms with Crippen molar-refractivity contribution in [2.45, 2.75) is 38.4 Å². The van der Waals surface area contributed by atoms with Gasteiger partial charge in [0.25, 0.3) is 5.91 Å². The first-order valence-electron chi connectivity index (χ1n) is 11.5. The van der Waals surface area contributed by atoms with Crippen LogP contribution in [0.3, 0.4) is 0 Å². The van der Waals surface area contributed by atoms with E-state index in [0.29, 0.717) is 18.7 Å². The number of H-pyrrole nitrogens is 1. The zero-order chi connectivity index (χ0) is 24.9. The number of methoxy groups -OCH3 is 2. The van der Waals surface area contributed by atoms with E-state index in [-0.39, 0.29) is 6.54 Å². The summed E-state index contributed by atoms with van der Waals surface area (Å²) in [5.74, 6) is 0.646. The average Bonchev–Trinajstić information content (AvgIpc) is 3.35. The van der Waals surface area contributed by atoms with Crippen LogP contribution >= 0.6 is 0 Å². The second-order valence-corrected chi connectivity index (χ2v) is 9.06. The molecule has 1 fully saturated rings. The van der Waals surface area contributed by atoms with Gasteiger partial charge >= 0.3 is 6.03 Å². The van der Waals surface area contributed by atoms with Crippen molar-refractivity contribution in [1.29, 1.82) is 0 Å². The van der Waals surface area contributed by atoms with Crippen LogP contribution < -0.4 is 14.8 Å². The Morgan fingerprint density at radius 1 is 1.11 bits per heavy atom. The maximum Gasteiger partial charge on any atom is 0.328 e. The fourth-order valence-corrected chi connectivity index (χ4v) is 5.11. The molecule has 0 radical (unpaired) electrons. The smallest absolute Gasteiger partial charge is 0.328 e. The lowest BCUT2D eigenvalue weighted by molar-refractivity contribution is -0.139. The van der Waals surface area contributed by atoms with Crippen molar-refractivity contribution >= 4 is 28.7 Å². The number of benzene rings is 2. The normalized spacial score (nSPS) is 20.0. The van der Waals surface area contributed by atoms with Crippen molar-refractivity contribution in [2.24, 2.45) is 0 Å². The lowest BCUT2D eigenvalue weighted by atomic mass is 9.87. The van der Waals surface area contributed by atoms with Crippen molar-refractivity contribution in [3.8, 4) is 11.5 Å². The predicted octanol–water partition coefficient (Wildman–Crippen LogP) is 2.93. The Morgan fingerprint density at radius 2 is 1.80 bits per heavy atom. The molecule has 0 saturated carbocycles. The molecular weight excluding hydrogens is 448 g/mol. The topological polar surface area (TPSA) is 104 Å². The Labute approximate surface area is 203 Å². The van der Waals surface area contributed by atoms with Gasteiger partial charge in [0.1, 0.15) is 17.5 Å². The summed E-state index contributed by atoms with van der Waals surface area (Å²) in [6.07, 6.45) is 0.600. The van der Waals surface area contributed by atoms with Crippen LogP contribution in [0.1, 0.15) is 30.7 Å². The van der Waals surface area contributed by atoms with E-state index in [9.17, 15) is 14.4 Å². The Hall–Kier alpha value is -4.01. The van der Waals surface area contributed by atoms with Gasteiger partial charge in [-0.15, -0.1) is 0 Å². The summed E-state index contributed by atoms with van der Waals surface area (Å²) in [7, 11) is 3.20. The number of aromatic nitrogens is 1. The molecule has 5 rings (SSSR count). The first-order chi connectivity index (χ1) is 16.8. The summed E-state index contributed by atoms with van der Waals surface area (Å²) in [5, 5.41) is 3.81. The molecule has 0 spiro atoms. The van der Waals surface area contributed by atoms with Crippen LogP contribution in [0.2, 0.25) is 0 Å². The summed E-state index contributed by atoms with van der Waals surface area (Å²) in [6.45, 7) is 3.99. The van der Waals surface area contributed by atoms with Gasteiger partial charge in [0.2, 0.25) is 5.91 Å². The van der Waals surface area contributed by atoms with E-state index >= 15 is 0 Å². The van der Waals surface area contributed by atoms with Crippen molar-refractivity contribution < 1.29 is 23.9 Å². The number of urea groups is 1. The van der Waals surface area contributed by atoms with Crippen LogP contribution in [0.25, 0.3) is 10.9 Å². The molecule has 0 unspecified atom stereocenters. The third kappa shape index (κ3) is 3.41. The van der Waals surface area contributed by atoms with E-state index in [4.69, 9.17) is 9.47 Å². The highest BCUT2D eigenvalue weighted by molar-refractivity contribution is 6.11. The lowest BCUT2D eigenvalue weighted by Crippen LogP contribution is -2.49. The molecule has 0 aliphatic carbocycles. The third-order valence-electron chi connectivity index (χ3n) is 7.19. The molecule has 35 heavy (non-hydrogen) atoms. The van der Waals surface area contributed by atoms with Gasteiger partial charge in [-0.1, -0.05) is 12.1 Å². The molecule has 2 aromatic carbocycles. The molecule has 182 valence electrons. The number of amides is 4. The van der Waals surface area contributed by atoms with Gasteiger partial charge < -0.3 is 24.7 Å². The highest BCUT2D eigenvalue weighted by Gasteiger charge is 2.60. The van der Waals surface area contributed by atoms with Gasteiger partial charge in [0.05, 0.1) is 19.9 Å². The number of fused-ring (bicyclic) bond motifs is 5. The van der Waals surface area contributed by atoms with Gasteiger partial charge in [-0.25, -0.2) is 9.69 Å². The molecule has 3 heterocycles. The number of aromatic amines is 1. The van der Waals surface area contributed by atoms with Gasteiger partial charge in [-0.3, -0.25) is 9.59 Å². The molecule has 2 N–H and O–H groups in total. The first kappa shape index (κ1) is 22.8. The number of imide groups is 1. The van der Waals surface area contributed by atoms with Crippen LogP contribution in [0.4, 0.5) is 4.79 Å². The highest BCUT2D eigenvalue weighted by Crippen LogP contribution is 2.45. The van der Waals surface area contributed by atoms with Crippen molar-refractivity contribution in [3.63, 3.8) is 0 Å². The van der Waals surface area contributed by atoms with Crippen molar-refractivity contribution in [1.82, 2.24) is 20.1 Å². The van der Waals surface area contributed by atoms with E-state index in [0.717, 1.165) is 38.4 Å². The maximum atomic E-state index is 13.8. The van der Waals surface area contributed by atoms with E-state index in [1.165, 1.54) is 0 Å². The number of hydrogen-bond donors (Lipinski definition) is 2. The lowest BCUT2D eigenvalue weighted by Gasteiger charge is -2.36. The summed E-state index contributed by atoms with van der Waals surface area (Å²) < 4.78 is 10.5. The molecule has 0 bridgehead atoms. The fourth-order valence-electron chi connectivity index (χ4n) is 5.11. The van der Waals surface area contributed by atoms with E-state index in [2.05, 4.69) is 10.3 Å². The predicted molar refractivity (Wildman–Crippen MR) is 129 cm³/mol. The van der Waals surface area contributed by atoms with Crippen LogP contribution in [0.5, 0.6) is 11.5 Å². The second-order valence-electron chi connectivity index (χ2n) is 9.06. The van der Waals surface area contributed by atoms with Crippen LogP contribution in [0, 0.1) is 0 Å². The summed E-state index contributed by atoms with van der Waals surface area (Å²) in [4.78, 5) is 46.1. The molecule has 9 heteroatoms. The quantitative estimate of drug-likeness (QED) is 0.533. The largest absolute Gasteiger partial charge is 0.497 e. The molecule has 2 aliphatic rings. The molecule has 1 aromatic heterocycles. The monoisotopic (exact) mass is 476 g/mol. The minimum Gasteiger partial charge on any atom is -0.497 e. The van der Waals surface area contributed by atoms with Gasteiger partial charge in [0, 0.05) is 24.0 Å². The van der Waals surface area contributed by atoms with E-state index < -0.39 is 29.4 Å². The van der Waals surface area contributed by atoms with Gasteiger partial charge in [-0.05, 0) is 61.7 Å². The zero-order valence-electron chi connectivity index (χ0n) is 20.2. The number of nitrogens with zero attached hydrogens (tertiary/aromatic N) is 2. The van der Waals surface area contributed by atoms with E-state index in [1.54, 1.807) is 33.0 Å². The highest BCUT2D eigenvalue weighted by atomic mass is 16.5. The summed E-state index contributed by atoms with van der Waals surface area (Å²) in [5.41, 5.74) is 2.24. The molecular formula is C26H28N4O5. The van der Waals surface area contributed by atoms with Gasteiger partial charge in [0.15, 0.2) is 5.54 Å². The molecule has 3 aromatic rings. The summed E-state index contributed by atoms with van der Waals surface area (Å²) in [6, 6.07) is 11.6. The van der Waals surface area contributed by atoms with E-state index in [1.807, 2.05) is 42.5 Å². The number of nitrogens with one attached hydrogen (secondary N) is 2. The standard InChI is InChI=1S/C26H28N4O5/c1-15(23(31)27-14-16-5-7-17(34-3)8-6-16)30-24(32)26(2)22-19(11-12-29(26)25(30)33)20-13-18(35-4)9-10-21(20)28-22/h5-10,13,15,28H,11-12,14H2,1-4H3,(H,27,31)/t15-,26-/m0/s1. The molecule has 1 saturated heterocycles. The fraction of sp³-hybridized carbons (Fsp3) is 0.346. The van der Waals surface area contributed by atoms with Crippen LogP contribution in [0.15, 0.2) is 42.5 Å². The molecule has 2 aliphatic heterocycles. The van der Waals surface area contributed by atoms with Gasteiger partial charge in [-0.2, -0.15) is 0 Å².